The van der Waals surface area contributed by atoms with Crippen LogP contribution >= 0.6 is 0 Å². The number of pyridine rings is 1. The van der Waals surface area contributed by atoms with Crippen LogP contribution in [0.2, 0.25) is 0 Å². The van der Waals surface area contributed by atoms with E-state index >= 15 is 0 Å². The van der Waals surface area contributed by atoms with Crippen LogP contribution < -0.4 is 5.32 Å². The number of nitrogens with zero attached hydrogens (tertiary/aromatic N) is 4. The summed E-state index contributed by atoms with van der Waals surface area (Å²) in [6.45, 7) is 0.807. The number of carbonyl (C=O) groups excluding carboxylic acids is 2. The fourth-order valence-electron chi connectivity index (χ4n) is 4.06. The number of carbonyl (C=O) groups is 3. The Balaban J connectivity index is 1.36. The summed E-state index contributed by atoms with van der Waals surface area (Å²) in [5.74, 6) is -1.23. The molecule has 1 aliphatic carbocycles. The summed E-state index contributed by atoms with van der Waals surface area (Å²) in [7, 11) is 0. The third kappa shape index (κ3) is 3.93. The van der Waals surface area contributed by atoms with Crippen LogP contribution in [0.3, 0.4) is 0 Å². The van der Waals surface area contributed by atoms with Crippen LogP contribution in [0.15, 0.2) is 42.5 Å². The predicted molar refractivity (Wildman–Crippen MR) is 116 cm³/mol. The normalized spacial score (nSPS) is 18.5. The molecule has 1 unspecified atom stereocenters. The number of aromatic nitrogens is 3. The number of benzene rings is 1. The van der Waals surface area contributed by atoms with E-state index in [0.29, 0.717) is 30.6 Å². The molecular formula is C23H23N5O4. The number of rotatable bonds is 5. The van der Waals surface area contributed by atoms with Crippen molar-refractivity contribution in [2.24, 2.45) is 11.8 Å². The van der Waals surface area contributed by atoms with Gasteiger partial charge in [-0.25, -0.2) is 4.52 Å². The molecule has 2 aliphatic rings. The van der Waals surface area contributed by atoms with Gasteiger partial charge < -0.3 is 10.0 Å². The maximum atomic E-state index is 12.9. The number of piperidine rings is 1. The first kappa shape index (κ1) is 20.2. The van der Waals surface area contributed by atoms with Gasteiger partial charge in [0.25, 0.3) is 5.91 Å². The first-order valence-corrected chi connectivity index (χ1v) is 10.8. The van der Waals surface area contributed by atoms with E-state index in [-0.39, 0.29) is 30.2 Å². The number of likely N-dealkylation sites (tertiary alicyclic amines) is 1. The lowest BCUT2D eigenvalue weighted by Crippen LogP contribution is -2.42. The fraction of sp³-hybridized carbons (Fsp3) is 0.348. The molecule has 1 aromatic carbocycles. The topological polar surface area (TPSA) is 117 Å². The van der Waals surface area contributed by atoms with Gasteiger partial charge in [-0.3, -0.25) is 19.7 Å². The van der Waals surface area contributed by atoms with Gasteiger partial charge in [0.2, 0.25) is 11.9 Å². The number of fused-ring (bicyclic) bond motifs is 1. The van der Waals surface area contributed by atoms with Gasteiger partial charge in [-0.05, 0) is 49.9 Å². The average molecular weight is 433 g/mol. The zero-order valence-electron chi connectivity index (χ0n) is 17.4. The number of anilines is 1. The lowest BCUT2D eigenvalue weighted by molar-refractivity contribution is -0.143. The van der Waals surface area contributed by atoms with Crippen LogP contribution in [0, 0.1) is 11.8 Å². The fourth-order valence-corrected chi connectivity index (χ4v) is 4.06. The number of amides is 2. The summed E-state index contributed by atoms with van der Waals surface area (Å²) >= 11 is 0. The molecule has 9 nitrogen and oxygen atoms in total. The largest absolute Gasteiger partial charge is 0.481 e. The quantitative estimate of drug-likeness (QED) is 0.639. The second-order valence-corrected chi connectivity index (χ2v) is 8.39. The lowest BCUT2D eigenvalue weighted by atomic mass is 9.97. The maximum absolute atomic E-state index is 12.9. The molecule has 1 atom stereocenters. The van der Waals surface area contributed by atoms with Gasteiger partial charge in [-0.1, -0.05) is 18.2 Å². The molecule has 0 spiro atoms. The number of aliphatic carboxylic acids is 1. The minimum absolute atomic E-state index is 0.0480. The second-order valence-electron chi connectivity index (χ2n) is 8.39. The Hall–Kier alpha value is -3.75. The molecule has 2 N–H and O–H groups in total. The van der Waals surface area contributed by atoms with Crippen molar-refractivity contribution in [2.75, 3.05) is 18.4 Å². The Labute approximate surface area is 184 Å². The van der Waals surface area contributed by atoms with Crippen LogP contribution in [0.1, 0.15) is 36.0 Å². The third-order valence-electron chi connectivity index (χ3n) is 6.03. The van der Waals surface area contributed by atoms with Crippen LogP contribution in [0.25, 0.3) is 16.9 Å². The standard InChI is InChI=1S/C23H23N5O4/c29-20(15-8-9-15)25-23-24-19-5-1-4-18(28(19)26-23)14-6-10-16(11-7-14)21(30)27-12-2-3-17(13-27)22(31)32/h1,4-7,10-11,15,17H,2-3,8-9,12-13H2,(H,31,32)(H,25,26,29). The smallest absolute Gasteiger partial charge is 0.308 e. The molecule has 9 heteroatoms. The molecule has 2 amide bonds. The molecule has 32 heavy (non-hydrogen) atoms. The summed E-state index contributed by atoms with van der Waals surface area (Å²) in [4.78, 5) is 42.2. The first-order valence-electron chi connectivity index (χ1n) is 10.8. The van der Waals surface area contributed by atoms with Crippen LogP contribution in [-0.2, 0) is 9.59 Å². The molecule has 2 fully saturated rings. The molecule has 0 radical (unpaired) electrons. The van der Waals surface area contributed by atoms with Gasteiger partial charge in [0.15, 0.2) is 5.65 Å². The monoisotopic (exact) mass is 433 g/mol. The molecule has 1 aliphatic heterocycles. The molecule has 3 heterocycles. The van der Waals surface area contributed by atoms with Crippen molar-refractivity contribution in [3.63, 3.8) is 0 Å². The summed E-state index contributed by atoms with van der Waals surface area (Å²) in [5.41, 5.74) is 2.76. The minimum Gasteiger partial charge on any atom is -0.481 e. The minimum atomic E-state index is -0.855. The number of nitrogens with one attached hydrogen (secondary N) is 1. The summed E-state index contributed by atoms with van der Waals surface area (Å²) < 4.78 is 1.67. The van der Waals surface area contributed by atoms with E-state index < -0.39 is 11.9 Å². The Morgan fingerprint density at radius 1 is 1.00 bits per heavy atom. The van der Waals surface area contributed by atoms with Crippen molar-refractivity contribution >= 4 is 29.4 Å². The highest BCUT2D eigenvalue weighted by atomic mass is 16.4. The maximum Gasteiger partial charge on any atom is 0.308 e. The molecule has 1 saturated carbocycles. The van der Waals surface area contributed by atoms with Gasteiger partial charge in [-0.2, -0.15) is 4.98 Å². The lowest BCUT2D eigenvalue weighted by Gasteiger charge is -2.30. The number of hydrogen-bond acceptors (Lipinski definition) is 5. The highest BCUT2D eigenvalue weighted by Gasteiger charge is 2.30. The van der Waals surface area contributed by atoms with Gasteiger partial charge in [0.1, 0.15) is 0 Å². The zero-order chi connectivity index (χ0) is 22.2. The number of hydrogen-bond donors (Lipinski definition) is 2. The van der Waals surface area contributed by atoms with Gasteiger partial charge in [0, 0.05) is 30.1 Å². The van der Waals surface area contributed by atoms with Crippen molar-refractivity contribution in [1.29, 1.82) is 0 Å². The van der Waals surface area contributed by atoms with E-state index in [9.17, 15) is 19.5 Å². The molecular weight excluding hydrogens is 410 g/mol. The SMILES string of the molecule is O=C(O)C1CCCN(C(=O)c2ccc(-c3cccc4nc(NC(=O)C5CC5)nn34)cc2)C1. The van der Waals surface area contributed by atoms with Crippen molar-refractivity contribution in [3.8, 4) is 11.3 Å². The number of carboxylic acids is 1. The number of carboxylic acid groups (broad SMARTS) is 1. The summed E-state index contributed by atoms with van der Waals surface area (Å²) in [6.07, 6.45) is 3.10. The molecule has 2 aromatic heterocycles. The average Bonchev–Trinajstić information content (AvgIpc) is 3.58. The molecule has 1 saturated heterocycles. The first-order chi connectivity index (χ1) is 15.5. The van der Waals surface area contributed by atoms with Gasteiger partial charge >= 0.3 is 5.97 Å². The Morgan fingerprint density at radius 3 is 2.50 bits per heavy atom. The molecule has 3 aromatic rings. The van der Waals surface area contributed by atoms with Gasteiger partial charge in [-0.15, -0.1) is 5.10 Å². The zero-order valence-corrected chi connectivity index (χ0v) is 17.4. The van der Waals surface area contributed by atoms with Crippen molar-refractivity contribution in [1.82, 2.24) is 19.5 Å². The molecule has 5 rings (SSSR count). The van der Waals surface area contributed by atoms with Crippen molar-refractivity contribution in [3.05, 3.63) is 48.0 Å². The van der Waals surface area contributed by atoms with E-state index in [1.807, 2.05) is 30.3 Å². The Bertz CT molecular complexity index is 1200. The highest BCUT2D eigenvalue weighted by Crippen LogP contribution is 2.30. The summed E-state index contributed by atoms with van der Waals surface area (Å²) in [5, 5.41) is 16.5. The van der Waals surface area contributed by atoms with E-state index in [1.54, 1.807) is 21.5 Å². The van der Waals surface area contributed by atoms with Crippen LogP contribution in [-0.4, -0.2) is 55.5 Å². The molecule has 164 valence electrons. The van der Waals surface area contributed by atoms with E-state index in [0.717, 1.165) is 24.1 Å². The van der Waals surface area contributed by atoms with E-state index in [2.05, 4.69) is 15.4 Å². The Morgan fingerprint density at radius 2 is 1.78 bits per heavy atom. The highest BCUT2D eigenvalue weighted by molar-refractivity contribution is 5.95. The Kier molecular flexibility index (Phi) is 5.08. The molecule has 0 bridgehead atoms. The van der Waals surface area contributed by atoms with Crippen molar-refractivity contribution < 1.29 is 19.5 Å². The van der Waals surface area contributed by atoms with Crippen molar-refractivity contribution in [2.45, 2.75) is 25.7 Å². The third-order valence-corrected chi connectivity index (χ3v) is 6.03. The van der Waals surface area contributed by atoms with E-state index in [4.69, 9.17) is 0 Å². The van der Waals surface area contributed by atoms with Crippen LogP contribution in [0.5, 0.6) is 0 Å². The summed E-state index contributed by atoms with van der Waals surface area (Å²) in [6, 6.07) is 12.7. The van der Waals surface area contributed by atoms with E-state index in [1.165, 1.54) is 0 Å². The van der Waals surface area contributed by atoms with Crippen LogP contribution in [0.4, 0.5) is 5.95 Å². The second kappa shape index (κ2) is 8.07. The predicted octanol–water partition coefficient (Wildman–Crippen LogP) is 2.68. The van der Waals surface area contributed by atoms with Gasteiger partial charge in [0.05, 0.1) is 11.6 Å².